The van der Waals surface area contributed by atoms with Crippen molar-refractivity contribution < 1.29 is 19.1 Å². The predicted molar refractivity (Wildman–Crippen MR) is 85.5 cm³/mol. The van der Waals surface area contributed by atoms with E-state index in [9.17, 15) is 14.0 Å². The summed E-state index contributed by atoms with van der Waals surface area (Å²) in [5.74, 6) is -1.46. The minimum atomic E-state index is -0.763. The van der Waals surface area contributed by atoms with Crippen molar-refractivity contribution in [3.8, 4) is 0 Å². The summed E-state index contributed by atoms with van der Waals surface area (Å²) in [5.41, 5.74) is 0.676. The fraction of sp³-hybridized carbons (Fsp3) is 0.556. The van der Waals surface area contributed by atoms with Gasteiger partial charge in [-0.1, -0.05) is 26.0 Å². The number of carbonyl (C=O) groups excluding carboxylic acids is 1. The number of carbonyl (C=O) groups is 2. The van der Waals surface area contributed by atoms with E-state index in [2.05, 4.69) is 5.32 Å². The highest BCUT2D eigenvalue weighted by Gasteiger charge is 2.30. The van der Waals surface area contributed by atoms with Crippen molar-refractivity contribution in [3.05, 3.63) is 35.6 Å². The van der Waals surface area contributed by atoms with E-state index in [-0.39, 0.29) is 29.0 Å². The van der Waals surface area contributed by atoms with Gasteiger partial charge in [0, 0.05) is 17.9 Å². The smallest absolute Gasteiger partial charge is 0.306 e. The lowest BCUT2D eigenvalue weighted by molar-refractivity contribution is -0.144. The van der Waals surface area contributed by atoms with Gasteiger partial charge in [0.05, 0.1) is 5.92 Å². The van der Waals surface area contributed by atoms with Crippen molar-refractivity contribution in [2.45, 2.75) is 44.9 Å². The van der Waals surface area contributed by atoms with Gasteiger partial charge in [0.1, 0.15) is 5.82 Å². The van der Waals surface area contributed by atoms with Gasteiger partial charge in [0.25, 0.3) is 0 Å². The molecule has 4 nitrogen and oxygen atoms in total. The first kappa shape index (κ1) is 17.4. The SMILES string of the molecule is CC(C)(CNC(=O)C1CCC(C(=O)O)CC1)c1ccc(F)cc1. The van der Waals surface area contributed by atoms with Crippen LogP contribution in [0.15, 0.2) is 24.3 Å². The number of amides is 1. The van der Waals surface area contributed by atoms with Crippen molar-refractivity contribution in [1.29, 1.82) is 0 Å². The van der Waals surface area contributed by atoms with Gasteiger partial charge >= 0.3 is 5.97 Å². The van der Waals surface area contributed by atoms with Gasteiger partial charge in [0.15, 0.2) is 0 Å². The summed E-state index contributed by atoms with van der Waals surface area (Å²) in [6, 6.07) is 6.32. The molecule has 2 N–H and O–H groups in total. The first-order chi connectivity index (χ1) is 10.8. The lowest BCUT2D eigenvalue weighted by Crippen LogP contribution is -2.41. The fourth-order valence-electron chi connectivity index (χ4n) is 3.06. The molecule has 1 aromatic rings. The molecule has 0 aliphatic heterocycles. The standard InChI is InChI=1S/C18H24FNO3/c1-18(2,14-7-9-15(19)10-8-14)11-20-16(21)12-3-5-13(6-4-12)17(22)23/h7-10,12-13H,3-6,11H2,1-2H3,(H,20,21)(H,22,23). The Morgan fingerprint density at radius 1 is 1.13 bits per heavy atom. The van der Waals surface area contributed by atoms with Crippen LogP contribution in [0.4, 0.5) is 4.39 Å². The molecule has 1 amide bonds. The number of hydrogen-bond acceptors (Lipinski definition) is 2. The molecule has 0 aromatic heterocycles. The highest BCUT2D eigenvalue weighted by Crippen LogP contribution is 2.29. The molecule has 0 atom stereocenters. The Kier molecular flexibility index (Phi) is 5.39. The maximum Gasteiger partial charge on any atom is 0.306 e. The number of hydrogen-bond donors (Lipinski definition) is 2. The number of halogens is 1. The van der Waals surface area contributed by atoms with Crippen LogP contribution in [0.2, 0.25) is 0 Å². The Labute approximate surface area is 136 Å². The van der Waals surface area contributed by atoms with Crippen LogP contribution < -0.4 is 5.32 Å². The molecule has 0 unspecified atom stereocenters. The molecular formula is C18H24FNO3. The van der Waals surface area contributed by atoms with Crippen LogP contribution in [0.5, 0.6) is 0 Å². The Bertz CT molecular complexity index is 560. The molecule has 126 valence electrons. The van der Waals surface area contributed by atoms with Crippen LogP contribution in [0.3, 0.4) is 0 Å². The second-order valence-electron chi connectivity index (χ2n) is 7.00. The number of rotatable bonds is 5. The van der Waals surface area contributed by atoms with Crippen LogP contribution in [-0.4, -0.2) is 23.5 Å². The third-order valence-corrected chi connectivity index (χ3v) is 4.78. The average molecular weight is 321 g/mol. The minimum absolute atomic E-state index is 0.0102. The van der Waals surface area contributed by atoms with E-state index in [0.717, 1.165) is 5.56 Å². The lowest BCUT2D eigenvalue weighted by atomic mass is 9.81. The van der Waals surface area contributed by atoms with Crippen LogP contribution in [0.25, 0.3) is 0 Å². The normalized spacial score (nSPS) is 21.7. The maximum atomic E-state index is 13.0. The molecule has 5 heteroatoms. The second kappa shape index (κ2) is 7.11. The number of nitrogens with one attached hydrogen (secondary N) is 1. The van der Waals surface area contributed by atoms with Crippen molar-refractivity contribution >= 4 is 11.9 Å². The van der Waals surface area contributed by atoms with E-state index < -0.39 is 5.97 Å². The van der Waals surface area contributed by atoms with Crippen molar-refractivity contribution in [2.24, 2.45) is 11.8 Å². The number of benzene rings is 1. The summed E-state index contributed by atoms with van der Waals surface area (Å²) in [5, 5.41) is 12.0. The molecule has 23 heavy (non-hydrogen) atoms. The molecule has 1 aromatic carbocycles. The third-order valence-electron chi connectivity index (χ3n) is 4.78. The van der Waals surface area contributed by atoms with Gasteiger partial charge < -0.3 is 10.4 Å². The summed E-state index contributed by atoms with van der Waals surface area (Å²) in [4.78, 5) is 23.2. The number of carboxylic acid groups (broad SMARTS) is 1. The molecule has 1 saturated carbocycles. The Hall–Kier alpha value is -1.91. The van der Waals surface area contributed by atoms with Gasteiger partial charge in [-0.15, -0.1) is 0 Å². The van der Waals surface area contributed by atoms with Crippen molar-refractivity contribution in [2.75, 3.05) is 6.54 Å². The van der Waals surface area contributed by atoms with Crippen molar-refractivity contribution in [3.63, 3.8) is 0 Å². The van der Waals surface area contributed by atoms with Gasteiger partial charge in [-0.05, 0) is 43.4 Å². The van der Waals surface area contributed by atoms with Gasteiger partial charge in [0.2, 0.25) is 5.91 Å². The Balaban J connectivity index is 1.86. The Morgan fingerprint density at radius 3 is 2.17 bits per heavy atom. The quantitative estimate of drug-likeness (QED) is 0.875. The molecule has 0 bridgehead atoms. The minimum Gasteiger partial charge on any atom is -0.481 e. The third kappa shape index (κ3) is 4.53. The summed E-state index contributed by atoms with van der Waals surface area (Å²) in [7, 11) is 0. The Morgan fingerprint density at radius 2 is 1.65 bits per heavy atom. The van der Waals surface area contributed by atoms with Crippen LogP contribution in [0.1, 0.15) is 45.1 Å². The average Bonchev–Trinajstić information content (AvgIpc) is 2.53. The molecule has 0 spiro atoms. The zero-order valence-corrected chi connectivity index (χ0v) is 13.6. The second-order valence-corrected chi connectivity index (χ2v) is 7.00. The summed E-state index contributed by atoms with van der Waals surface area (Å²) in [6.07, 6.45) is 2.38. The first-order valence-corrected chi connectivity index (χ1v) is 8.06. The topological polar surface area (TPSA) is 66.4 Å². The molecular weight excluding hydrogens is 297 g/mol. The molecule has 0 radical (unpaired) electrons. The van der Waals surface area contributed by atoms with E-state index in [0.29, 0.717) is 32.2 Å². The molecule has 1 aliphatic carbocycles. The molecule has 1 fully saturated rings. The zero-order chi connectivity index (χ0) is 17.0. The number of aliphatic carboxylic acids is 1. The van der Waals surface area contributed by atoms with E-state index in [4.69, 9.17) is 5.11 Å². The zero-order valence-electron chi connectivity index (χ0n) is 13.6. The van der Waals surface area contributed by atoms with E-state index in [1.165, 1.54) is 12.1 Å². The van der Waals surface area contributed by atoms with Gasteiger partial charge in [-0.2, -0.15) is 0 Å². The molecule has 0 heterocycles. The lowest BCUT2D eigenvalue weighted by Gasteiger charge is -2.29. The molecule has 2 rings (SSSR count). The predicted octanol–water partition coefficient (Wildman–Crippen LogP) is 3.11. The molecule has 1 aliphatic rings. The van der Waals surface area contributed by atoms with E-state index in [1.54, 1.807) is 12.1 Å². The summed E-state index contributed by atoms with van der Waals surface area (Å²) >= 11 is 0. The highest BCUT2D eigenvalue weighted by atomic mass is 19.1. The van der Waals surface area contributed by atoms with E-state index in [1.807, 2.05) is 13.8 Å². The molecule has 0 saturated heterocycles. The van der Waals surface area contributed by atoms with Crippen LogP contribution >= 0.6 is 0 Å². The monoisotopic (exact) mass is 321 g/mol. The maximum absolute atomic E-state index is 13.0. The summed E-state index contributed by atoms with van der Waals surface area (Å²) in [6.45, 7) is 4.47. The summed E-state index contributed by atoms with van der Waals surface area (Å²) < 4.78 is 13.0. The largest absolute Gasteiger partial charge is 0.481 e. The highest BCUT2D eigenvalue weighted by molar-refractivity contribution is 5.79. The van der Waals surface area contributed by atoms with E-state index >= 15 is 0 Å². The van der Waals surface area contributed by atoms with Crippen molar-refractivity contribution in [1.82, 2.24) is 5.32 Å². The van der Waals surface area contributed by atoms with Crippen LogP contribution in [-0.2, 0) is 15.0 Å². The van der Waals surface area contributed by atoms with Crippen LogP contribution in [0, 0.1) is 17.7 Å². The van der Waals surface area contributed by atoms with Gasteiger partial charge in [-0.3, -0.25) is 9.59 Å². The first-order valence-electron chi connectivity index (χ1n) is 8.06. The fourth-order valence-corrected chi connectivity index (χ4v) is 3.06. The number of carboxylic acids is 1. The van der Waals surface area contributed by atoms with Gasteiger partial charge in [-0.25, -0.2) is 4.39 Å².